The zero-order chi connectivity index (χ0) is 32.4. The highest BCUT2D eigenvalue weighted by molar-refractivity contribution is 7.22. The number of rotatable bonds is 4. The molecule has 0 radical (unpaired) electrons. The molecule has 1 aliphatic rings. The SMILES string of the molecule is CCc1c(F)c(F)c2[nH]ncc2c1-c1ccc2nc(NC(=O)[C@@H]3C[C@@H]3F)sc2c1.O=C(O)C(F)(F)F.O=C(O)C(F)(F)F. The van der Waals surface area contributed by atoms with Crippen LogP contribution in [-0.2, 0) is 20.8 Å². The number of thiazole rings is 1. The van der Waals surface area contributed by atoms with Gasteiger partial charge < -0.3 is 15.5 Å². The molecule has 2 aromatic heterocycles. The van der Waals surface area contributed by atoms with Crippen LogP contribution in [0.2, 0.25) is 0 Å². The molecular formula is C24H17F9N4O5S. The van der Waals surface area contributed by atoms with E-state index in [1.54, 1.807) is 19.1 Å². The Morgan fingerprint density at radius 1 is 1.05 bits per heavy atom. The first-order valence-electron chi connectivity index (χ1n) is 11.7. The molecule has 0 bridgehead atoms. The van der Waals surface area contributed by atoms with Gasteiger partial charge in [-0.2, -0.15) is 31.4 Å². The molecule has 4 N–H and O–H groups in total. The van der Waals surface area contributed by atoms with E-state index in [0.29, 0.717) is 33.6 Å². The van der Waals surface area contributed by atoms with Gasteiger partial charge in [-0.1, -0.05) is 24.3 Å². The van der Waals surface area contributed by atoms with Crippen molar-refractivity contribution in [1.29, 1.82) is 0 Å². The molecule has 0 saturated heterocycles. The molecule has 19 heteroatoms. The van der Waals surface area contributed by atoms with E-state index < -0.39 is 48.0 Å². The van der Waals surface area contributed by atoms with Crippen molar-refractivity contribution in [2.75, 3.05) is 5.32 Å². The van der Waals surface area contributed by atoms with E-state index in [9.17, 15) is 44.3 Å². The highest BCUT2D eigenvalue weighted by atomic mass is 32.1. The molecular weight excluding hydrogens is 627 g/mol. The standard InChI is InChI=1S/C20H15F3N4OS.2C2HF3O2/c1-2-9-15(11-7-24-27-18(11)17(23)16(9)22)8-3-4-13-14(5-8)29-20(25-13)26-19(28)10-6-12(10)21;2*3-2(4,5)1(6)7/h3-5,7,10,12H,2,6H2,1H3,(H,24,27)(H,25,26,28);2*(H,6,7)/t10-,12+;;/m1../s1. The minimum atomic E-state index is -5.08. The van der Waals surface area contributed by atoms with Crippen LogP contribution >= 0.6 is 11.3 Å². The average Bonchev–Trinajstić information content (AvgIpc) is 3.27. The number of carboxylic acid groups (broad SMARTS) is 2. The molecule has 0 unspecified atom stereocenters. The summed E-state index contributed by atoms with van der Waals surface area (Å²) in [5.41, 5.74) is 2.24. The van der Waals surface area contributed by atoms with Crippen LogP contribution in [0.4, 0.5) is 44.6 Å². The Hall–Kier alpha value is -4.42. The summed E-state index contributed by atoms with van der Waals surface area (Å²) in [5, 5.41) is 24.2. The van der Waals surface area contributed by atoms with E-state index in [-0.39, 0.29) is 23.4 Å². The fourth-order valence-corrected chi connectivity index (χ4v) is 4.49. The third-order valence-electron chi connectivity index (χ3n) is 5.68. The normalized spacial score (nSPS) is 16.1. The lowest BCUT2D eigenvalue weighted by Crippen LogP contribution is -2.21. The lowest BCUT2D eigenvalue weighted by Gasteiger charge is -2.12. The number of halogens is 9. The first-order chi connectivity index (χ1) is 19.9. The molecule has 2 heterocycles. The van der Waals surface area contributed by atoms with Gasteiger partial charge in [-0.05, 0) is 41.7 Å². The summed E-state index contributed by atoms with van der Waals surface area (Å²) >= 11 is 1.25. The van der Waals surface area contributed by atoms with E-state index in [4.69, 9.17) is 19.8 Å². The summed E-state index contributed by atoms with van der Waals surface area (Å²) in [4.78, 5) is 34.1. The number of benzene rings is 2. The monoisotopic (exact) mass is 644 g/mol. The Balaban J connectivity index is 0.000000303. The van der Waals surface area contributed by atoms with Crippen LogP contribution in [0.5, 0.6) is 0 Å². The van der Waals surface area contributed by atoms with E-state index in [1.807, 2.05) is 6.07 Å². The number of alkyl halides is 7. The van der Waals surface area contributed by atoms with Crippen molar-refractivity contribution in [3.8, 4) is 11.1 Å². The van der Waals surface area contributed by atoms with Crippen molar-refractivity contribution in [1.82, 2.24) is 15.2 Å². The predicted octanol–water partition coefficient (Wildman–Crippen LogP) is 6.24. The summed E-state index contributed by atoms with van der Waals surface area (Å²) in [6.45, 7) is 1.77. The van der Waals surface area contributed by atoms with Crippen LogP contribution in [0.1, 0.15) is 18.9 Å². The quantitative estimate of drug-likeness (QED) is 0.192. The molecule has 5 rings (SSSR count). The average molecular weight is 644 g/mol. The number of hydrogen-bond acceptors (Lipinski definition) is 6. The van der Waals surface area contributed by atoms with Gasteiger partial charge in [-0.3, -0.25) is 9.89 Å². The predicted molar refractivity (Wildman–Crippen MR) is 133 cm³/mol. The lowest BCUT2D eigenvalue weighted by atomic mass is 9.94. The summed E-state index contributed by atoms with van der Waals surface area (Å²) < 4.78 is 106. The maximum absolute atomic E-state index is 14.6. The number of nitrogens with zero attached hydrogens (tertiary/aromatic N) is 2. The molecule has 232 valence electrons. The van der Waals surface area contributed by atoms with Gasteiger partial charge in [0.1, 0.15) is 11.7 Å². The Morgan fingerprint density at radius 2 is 1.60 bits per heavy atom. The van der Waals surface area contributed by atoms with Gasteiger partial charge in [0.25, 0.3) is 0 Å². The molecule has 1 amide bonds. The fraction of sp³-hybridized carbons (Fsp3) is 0.292. The van der Waals surface area contributed by atoms with Crippen LogP contribution in [0.15, 0.2) is 24.4 Å². The smallest absolute Gasteiger partial charge is 0.475 e. The van der Waals surface area contributed by atoms with Gasteiger partial charge in [-0.15, -0.1) is 0 Å². The molecule has 2 aromatic carbocycles. The molecule has 1 aliphatic carbocycles. The second-order valence-corrected chi connectivity index (χ2v) is 9.68. The molecule has 4 aromatic rings. The Bertz CT molecular complexity index is 1660. The Morgan fingerprint density at radius 3 is 2.09 bits per heavy atom. The minimum Gasteiger partial charge on any atom is -0.475 e. The number of anilines is 1. The lowest BCUT2D eigenvalue weighted by molar-refractivity contribution is -0.193. The largest absolute Gasteiger partial charge is 0.490 e. The van der Waals surface area contributed by atoms with E-state index >= 15 is 0 Å². The molecule has 9 nitrogen and oxygen atoms in total. The zero-order valence-corrected chi connectivity index (χ0v) is 22.0. The van der Waals surface area contributed by atoms with Gasteiger partial charge in [0.15, 0.2) is 16.8 Å². The van der Waals surface area contributed by atoms with E-state index in [0.717, 1.165) is 4.70 Å². The molecule has 0 spiro atoms. The number of aliphatic carboxylic acids is 2. The maximum Gasteiger partial charge on any atom is 0.490 e. The highest BCUT2D eigenvalue weighted by Crippen LogP contribution is 2.39. The number of fused-ring (bicyclic) bond motifs is 2. The summed E-state index contributed by atoms with van der Waals surface area (Å²) in [7, 11) is 0. The van der Waals surface area contributed by atoms with Gasteiger partial charge in [0.05, 0.1) is 22.3 Å². The van der Waals surface area contributed by atoms with Crippen LogP contribution < -0.4 is 5.32 Å². The van der Waals surface area contributed by atoms with Crippen molar-refractivity contribution in [2.24, 2.45) is 5.92 Å². The van der Waals surface area contributed by atoms with Crippen LogP contribution in [-0.4, -0.2) is 61.8 Å². The highest BCUT2D eigenvalue weighted by Gasteiger charge is 2.44. The molecule has 2 atom stereocenters. The van der Waals surface area contributed by atoms with Gasteiger partial charge in [-0.25, -0.2) is 27.7 Å². The van der Waals surface area contributed by atoms with Crippen molar-refractivity contribution >= 4 is 55.4 Å². The third-order valence-corrected chi connectivity index (χ3v) is 6.62. The number of carbonyl (C=O) groups excluding carboxylic acids is 1. The number of H-pyrrole nitrogens is 1. The maximum atomic E-state index is 14.6. The fourth-order valence-electron chi connectivity index (χ4n) is 3.59. The van der Waals surface area contributed by atoms with E-state index in [1.165, 1.54) is 17.5 Å². The van der Waals surface area contributed by atoms with Crippen LogP contribution in [0, 0.1) is 17.6 Å². The zero-order valence-electron chi connectivity index (χ0n) is 21.2. The summed E-state index contributed by atoms with van der Waals surface area (Å²) in [5.74, 6) is -8.30. The molecule has 43 heavy (non-hydrogen) atoms. The van der Waals surface area contributed by atoms with Crippen molar-refractivity contribution in [3.63, 3.8) is 0 Å². The van der Waals surface area contributed by atoms with Crippen LogP contribution in [0.3, 0.4) is 0 Å². The topological polar surface area (TPSA) is 145 Å². The number of amides is 1. The van der Waals surface area contributed by atoms with Crippen molar-refractivity contribution in [3.05, 3.63) is 41.6 Å². The number of aromatic amines is 1. The molecule has 0 aliphatic heterocycles. The second kappa shape index (κ2) is 12.4. The number of carboxylic acids is 2. The first kappa shape index (κ1) is 33.1. The molecule has 1 saturated carbocycles. The van der Waals surface area contributed by atoms with E-state index in [2.05, 4.69) is 20.5 Å². The number of aromatic nitrogens is 3. The minimum absolute atomic E-state index is 0.0252. The van der Waals surface area contributed by atoms with Gasteiger partial charge in [0, 0.05) is 5.39 Å². The number of hydrogen-bond donors (Lipinski definition) is 4. The Labute approximate surface area is 237 Å². The molecule has 1 fully saturated rings. The first-order valence-corrected chi connectivity index (χ1v) is 12.5. The summed E-state index contributed by atoms with van der Waals surface area (Å²) in [6.07, 6.45) is -9.20. The van der Waals surface area contributed by atoms with Gasteiger partial charge >= 0.3 is 24.3 Å². The van der Waals surface area contributed by atoms with Gasteiger partial charge in [0.2, 0.25) is 5.91 Å². The summed E-state index contributed by atoms with van der Waals surface area (Å²) in [6, 6.07) is 5.37. The third kappa shape index (κ3) is 7.70. The Kier molecular flexibility index (Phi) is 9.57. The second-order valence-electron chi connectivity index (χ2n) is 8.65. The number of carbonyl (C=O) groups is 3. The van der Waals surface area contributed by atoms with Crippen molar-refractivity contribution < 1.29 is 64.1 Å². The van der Waals surface area contributed by atoms with Crippen LogP contribution in [0.25, 0.3) is 32.2 Å². The number of nitrogens with one attached hydrogen (secondary N) is 2. The van der Waals surface area contributed by atoms with Crippen molar-refractivity contribution in [2.45, 2.75) is 38.3 Å².